The molecule has 0 unspecified atom stereocenters. The van der Waals surface area contributed by atoms with Gasteiger partial charge in [0, 0.05) is 21.9 Å². The van der Waals surface area contributed by atoms with Crippen LogP contribution in [0.3, 0.4) is 0 Å². The standard InChI is InChI=1S/C23H25N3O2S/c1-15-5-11-18(12-6-15)26-21(19-13-29(28)14-20(19)25-26)24-22(27)16-7-9-17(10-8-16)23(2,3)4/h5-12H,13-14H2,1-4H3,(H,24,27)/t29-/m1/s1. The van der Waals surface area contributed by atoms with Gasteiger partial charge in [-0.3, -0.25) is 9.00 Å². The average molecular weight is 408 g/mol. The van der Waals surface area contributed by atoms with Gasteiger partial charge in [0.15, 0.2) is 0 Å². The molecule has 1 aliphatic rings. The molecule has 1 aliphatic heterocycles. The summed E-state index contributed by atoms with van der Waals surface area (Å²) in [7, 11) is -0.966. The van der Waals surface area contributed by atoms with Crippen LogP contribution in [0.25, 0.3) is 5.69 Å². The van der Waals surface area contributed by atoms with Crippen molar-refractivity contribution in [1.29, 1.82) is 0 Å². The lowest BCUT2D eigenvalue weighted by Crippen LogP contribution is -2.17. The highest BCUT2D eigenvalue weighted by Crippen LogP contribution is 2.32. The zero-order valence-electron chi connectivity index (χ0n) is 17.2. The highest BCUT2D eigenvalue weighted by atomic mass is 32.2. The summed E-state index contributed by atoms with van der Waals surface area (Å²) in [5, 5.41) is 7.67. The van der Waals surface area contributed by atoms with Crippen molar-refractivity contribution in [2.45, 2.75) is 44.6 Å². The Hall–Kier alpha value is -2.73. The van der Waals surface area contributed by atoms with E-state index in [2.05, 4.69) is 31.2 Å². The topological polar surface area (TPSA) is 64.0 Å². The van der Waals surface area contributed by atoms with E-state index in [1.165, 1.54) is 5.56 Å². The summed E-state index contributed by atoms with van der Waals surface area (Å²) in [4.78, 5) is 13.0. The molecule has 2 aromatic carbocycles. The minimum atomic E-state index is -0.966. The van der Waals surface area contributed by atoms with Crippen LogP contribution in [0, 0.1) is 6.92 Å². The molecule has 0 aliphatic carbocycles. The molecule has 0 saturated heterocycles. The van der Waals surface area contributed by atoms with Gasteiger partial charge in [0.1, 0.15) is 5.82 Å². The van der Waals surface area contributed by atoms with Gasteiger partial charge in [-0.1, -0.05) is 50.6 Å². The first-order valence-electron chi connectivity index (χ1n) is 9.67. The van der Waals surface area contributed by atoms with Crippen molar-refractivity contribution < 1.29 is 9.00 Å². The summed E-state index contributed by atoms with van der Waals surface area (Å²) >= 11 is 0. The Balaban J connectivity index is 1.68. The van der Waals surface area contributed by atoms with Gasteiger partial charge in [0.05, 0.1) is 22.9 Å². The predicted octanol–water partition coefficient (Wildman–Crippen LogP) is 4.49. The Morgan fingerprint density at radius 3 is 2.31 bits per heavy atom. The molecule has 4 rings (SSSR count). The van der Waals surface area contributed by atoms with Gasteiger partial charge in [-0.15, -0.1) is 0 Å². The van der Waals surface area contributed by atoms with E-state index in [0.717, 1.165) is 22.5 Å². The quantitative estimate of drug-likeness (QED) is 0.696. The number of aryl methyl sites for hydroxylation is 1. The number of amides is 1. The largest absolute Gasteiger partial charge is 0.306 e. The molecule has 1 atom stereocenters. The van der Waals surface area contributed by atoms with Crippen LogP contribution < -0.4 is 5.32 Å². The van der Waals surface area contributed by atoms with Crippen molar-refractivity contribution in [1.82, 2.24) is 9.78 Å². The van der Waals surface area contributed by atoms with E-state index in [9.17, 15) is 9.00 Å². The van der Waals surface area contributed by atoms with E-state index in [4.69, 9.17) is 0 Å². The van der Waals surface area contributed by atoms with Crippen molar-refractivity contribution in [2.75, 3.05) is 5.32 Å². The normalized spacial score (nSPS) is 15.9. The van der Waals surface area contributed by atoms with Crippen LogP contribution in [0.4, 0.5) is 5.82 Å². The Labute approximate surface area is 173 Å². The number of carbonyl (C=O) groups excluding carboxylic acids is 1. The Morgan fingerprint density at radius 1 is 1.03 bits per heavy atom. The molecule has 6 heteroatoms. The lowest BCUT2D eigenvalue weighted by Gasteiger charge is -2.19. The predicted molar refractivity (Wildman–Crippen MR) is 117 cm³/mol. The SMILES string of the molecule is Cc1ccc(-n2nc3c(c2NC(=O)c2ccc(C(C)(C)C)cc2)C[S@@](=O)C3)cc1. The second-order valence-electron chi connectivity index (χ2n) is 8.53. The van der Waals surface area contributed by atoms with Gasteiger partial charge >= 0.3 is 0 Å². The number of fused-ring (bicyclic) bond motifs is 1. The van der Waals surface area contributed by atoms with Gasteiger partial charge in [-0.25, -0.2) is 4.68 Å². The lowest BCUT2D eigenvalue weighted by atomic mass is 9.87. The molecule has 0 radical (unpaired) electrons. The molecule has 0 bridgehead atoms. The zero-order valence-corrected chi connectivity index (χ0v) is 18.0. The van der Waals surface area contributed by atoms with Crippen molar-refractivity contribution in [2.24, 2.45) is 0 Å². The van der Waals surface area contributed by atoms with Crippen LogP contribution in [0.5, 0.6) is 0 Å². The van der Waals surface area contributed by atoms with Crippen LogP contribution in [-0.2, 0) is 27.7 Å². The summed E-state index contributed by atoms with van der Waals surface area (Å²) < 4.78 is 13.8. The van der Waals surface area contributed by atoms with Gasteiger partial charge in [-0.2, -0.15) is 5.10 Å². The van der Waals surface area contributed by atoms with Crippen LogP contribution in [0.15, 0.2) is 48.5 Å². The van der Waals surface area contributed by atoms with E-state index < -0.39 is 10.8 Å². The first-order valence-corrected chi connectivity index (χ1v) is 11.2. The second kappa shape index (κ2) is 7.26. The van der Waals surface area contributed by atoms with E-state index in [0.29, 0.717) is 22.9 Å². The van der Waals surface area contributed by atoms with Gasteiger partial charge in [-0.05, 0) is 42.2 Å². The molecule has 3 aromatic rings. The number of aromatic nitrogens is 2. The number of nitrogens with one attached hydrogen (secondary N) is 1. The molecule has 150 valence electrons. The number of hydrogen-bond acceptors (Lipinski definition) is 3. The number of rotatable bonds is 3. The van der Waals surface area contributed by atoms with Crippen molar-refractivity contribution in [3.63, 3.8) is 0 Å². The van der Waals surface area contributed by atoms with Crippen LogP contribution >= 0.6 is 0 Å². The lowest BCUT2D eigenvalue weighted by molar-refractivity contribution is 0.102. The maximum absolute atomic E-state index is 13.0. The van der Waals surface area contributed by atoms with E-state index in [-0.39, 0.29) is 11.3 Å². The molecule has 29 heavy (non-hydrogen) atoms. The molecular formula is C23H25N3O2S. The molecule has 5 nitrogen and oxygen atoms in total. The summed E-state index contributed by atoms with van der Waals surface area (Å²) in [5.74, 6) is 1.26. The first-order chi connectivity index (χ1) is 13.7. The van der Waals surface area contributed by atoms with Crippen molar-refractivity contribution in [3.05, 3.63) is 76.5 Å². The molecule has 0 fully saturated rings. The fourth-order valence-electron chi connectivity index (χ4n) is 3.43. The molecule has 1 amide bonds. The second-order valence-corrected chi connectivity index (χ2v) is 9.99. The monoisotopic (exact) mass is 407 g/mol. The fourth-order valence-corrected chi connectivity index (χ4v) is 4.69. The number of hydrogen-bond donors (Lipinski definition) is 1. The average Bonchev–Trinajstić information content (AvgIpc) is 3.19. The van der Waals surface area contributed by atoms with Crippen molar-refractivity contribution >= 4 is 22.5 Å². The number of carbonyl (C=O) groups is 1. The van der Waals surface area contributed by atoms with E-state index >= 15 is 0 Å². The number of anilines is 1. The summed E-state index contributed by atoms with van der Waals surface area (Å²) in [6, 6.07) is 15.7. The van der Waals surface area contributed by atoms with Crippen LogP contribution in [-0.4, -0.2) is 19.9 Å². The minimum absolute atomic E-state index is 0.0317. The van der Waals surface area contributed by atoms with Gasteiger partial charge in [0.2, 0.25) is 0 Å². The molecule has 1 aromatic heterocycles. The smallest absolute Gasteiger partial charge is 0.256 e. The van der Waals surface area contributed by atoms with Crippen LogP contribution in [0.1, 0.15) is 53.5 Å². The third-order valence-corrected chi connectivity index (χ3v) is 6.40. The molecular weight excluding hydrogens is 382 g/mol. The first kappa shape index (κ1) is 19.6. The van der Waals surface area contributed by atoms with Crippen molar-refractivity contribution in [3.8, 4) is 5.69 Å². The Morgan fingerprint density at radius 2 is 1.69 bits per heavy atom. The Kier molecular flexibility index (Phi) is 4.90. The Bertz CT molecular complexity index is 1090. The minimum Gasteiger partial charge on any atom is -0.306 e. The summed E-state index contributed by atoms with van der Waals surface area (Å²) in [6.07, 6.45) is 0. The van der Waals surface area contributed by atoms with Crippen LogP contribution in [0.2, 0.25) is 0 Å². The maximum atomic E-state index is 13.0. The third kappa shape index (κ3) is 3.90. The number of nitrogens with zero attached hydrogens (tertiary/aromatic N) is 2. The van der Waals surface area contributed by atoms with E-state index in [1.54, 1.807) is 4.68 Å². The fraction of sp³-hybridized carbons (Fsp3) is 0.304. The molecule has 0 saturated carbocycles. The highest BCUT2D eigenvalue weighted by Gasteiger charge is 2.28. The molecule has 1 N–H and O–H groups in total. The zero-order chi connectivity index (χ0) is 20.8. The maximum Gasteiger partial charge on any atom is 0.256 e. The highest BCUT2D eigenvalue weighted by molar-refractivity contribution is 7.83. The van der Waals surface area contributed by atoms with E-state index in [1.807, 2.05) is 55.5 Å². The number of benzene rings is 2. The third-order valence-electron chi connectivity index (χ3n) is 5.19. The molecule has 0 spiro atoms. The van der Waals surface area contributed by atoms with Gasteiger partial charge < -0.3 is 5.32 Å². The summed E-state index contributed by atoms with van der Waals surface area (Å²) in [5.41, 5.74) is 5.47. The van der Waals surface area contributed by atoms with Gasteiger partial charge in [0.25, 0.3) is 5.91 Å². The summed E-state index contributed by atoms with van der Waals surface area (Å²) in [6.45, 7) is 8.46. The molecule has 2 heterocycles.